The topological polar surface area (TPSA) is 18.5 Å². The Kier molecular flexibility index (Phi) is 4.04. The summed E-state index contributed by atoms with van der Waals surface area (Å²) in [5.74, 6) is 1.00. The number of benzene rings is 2. The Hall–Kier alpha value is -1.06. The molecule has 1 saturated heterocycles. The molecule has 1 aliphatic rings. The van der Waals surface area contributed by atoms with Gasteiger partial charge in [0.15, 0.2) is 0 Å². The summed E-state index contributed by atoms with van der Waals surface area (Å²) in [4.78, 5) is 0. The Labute approximate surface area is 121 Å². The predicted octanol–water partition coefficient (Wildman–Crippen LogP) is 4.29. The molecule has 0 bridgehead atoms. The molecule has 0 aliphatic carbocycles. The van der Waals surface area contributed by atoms with Gasteiger partial charge in [0.2, 0.25) is 0 Å². The van der Waals surface area contributed by atoms with E-state index in [4.69, 9.17) is 9.47 Å². The maximum Gasteiger partial charge on any atom is 0.124 e. The fourth-order valence-corrected chi connectivity index (χ4v) is 3.12. The number of hydrogen-bond acceptors (Lipinski definition) is 2. The van der Waals surface area contributed by atoms with Gasteiger partial charge in [0.25, 0.3) is 0 Å². The molecule has 0 unspecified atom stereocenters. The Morgan fingerprint density at radius 1 is 1.11 bits per heavy atom. The lowest BCUT2D eigenvalue weighted by molar-refractivity contribution is 0.0253. The van der Waals surface area contributed by atoms with Crippen LogP contribution in [0.5, 0.6) is 5.75 Å². The zero-order valence-electron chi connectivity index (χ0n) is 10.8. The first-order chi connectivity index (χ1) is 9.38. The van der Waals surface area contributed by atoms with Crippen LogP contribution in [-0.2, 0) is 10.1 Å². The molecule has 0 amide bonds. The molecule has 0 atom stereocenters. The van der Waals surface area contributed by atoms with Crippen LogP contribution in [0.1, 0.15) is 18.4 Å². The van der Waals surface area contributed by atoms with Gasteiger partial charge in [-0.15, -0.1) is 0 Å². The molecule has 0 N–H and O–H groups in total. The first-order valence-electron chi connectivity index (χ1n) is 6.69. The van der Waals surface area contributed by atoms with Crippen molar-refractivity contribution in [2.75, 3.05) is 13.2 Å². The molecule has 1 fully saturated rings. The van der Waals surface area contributed by atoms with E-state index in [9.17, 15) is 0 Å². The molecule has 100 valence electrons. The lowest BCUT2D eigenvalue weighted by Crippen LogP contribution is -2.26. The number of ether oxygens (including phenoxy) is 2. The van der Waals surface area contributed by atoms with E-state index in [0.717, 1.165) is 37.1 Å². The molecule has 0 radical (unpaired) electrons. The molecule has 19 heavy (non-hydrogen) atoms. The maximum absolute atomic E-state index is 6.18. The van der Waals surface area contributed by atoms with Gasteiger partial charge in [0, 0.05) is 23.7 Å². The van der Waals surface area contributed by atoms with Gasteiger partial charge < -0.3 is 9.47 Å². The highest BCUT2D eigenvalue weighted by atomic mass is 79.9. The van der Waals surface area contributed by atoms with Crippen LogP contribution in [0, 0.1) is 0 Å². The Bertz CT molecular complexity index is 562. The Morgan fingerprint density at radius 3 is 2.68 bits per heavy atom. The second kappa shape index (κ2) is 5.93. The lowest BCUT2D eigenvalue weighted by Gasteiger charge is -2.24. The van der Waals surface area contributed by atoms with Crippen molar-refractivity contribution >= 4 is 26.7 Å². The fourth-order valence-electron chi connectivity index (χ4n) is 2.54. The number of rotatable bonds is 3. The van der Waals surface area contributed by atoms with Crippen molar-refractivity contribution in [1.29, 1.82) is 0 Å². The van der Waals surface area contributed by atoms with E-state index >= 15 is 0 Å². The monoisotopic (exact) mass is 320 g/mol. The highest BCUT2D eigenvalue weighted by molar-refractivity contribution is 9.08. The SMILES string of the molecule is BrCc1c(OC2CCOCC2)ccc2ccccc12. The molecule has 2 aromatic rings. The predicted molar refractivity (Wildman–Crippen MR) is 81.0 cm³/mol. The minimum Gasteiger partial charge on any atom is -0.490 e. The summed E-state index contributed by atoms with van der Waals surface area (Å²) in [7, 11) is 0. The van der Waals surface area contributed by atoms with E-state index in [-0.39, 0.29) is 6.10 Å². The summed E-state index contributed by atoms with van der Waals surface area (Å²) in [5, 5.41) is 3.34. The van der Waals surface area contributed by atoms with Crippen molar-refractivity contribution < 1.29 is 9.47 Å². The standard InChI is InChI=1S/C16H17BrO2/c17-11-15-14-4-2-1-3-12(14)5-6-16(15)19-13-7-9-18-10-8-13/h1-6,13H,7-11H2. The van der Waals surface area contributed by atoms with Gasteiger partial charge in [-0.25, -0.2) is 0 Å². The molecule has 0 saturated carbocycles. The van der Waals surface area contributed by atoms with E-state index in [1.54, 1.807) is 0 Å². The van der Waals surface area contributed by atoms with Gasteiger partial charge in [-0.1, -0.05) is 46.3 Å². The zero-order valence-corrected chi connectivity index (χ0v) is 12.4. The summed E-state index contributed by atoms with van der Waals surface area (Å²) in [6.45, 7) is 1.61. The maximum atomic E-state index is 6.18. The van der Waals surface area contributed by atoms with Crippen LogP contribution in [0.3, 0.4) is 0 Å². The minimum absolute atomic E-state index is 0.285. The molecule has 2 aromatic carbocycles. The van der Waals surface area contributed by atoms with Crippen LogP contribution < -0.4 is 4.74 Å². The lowest BCUT2D eigenvalue weighted by atomic mass is 10.0. The average molecular weight is 321 g/mol. The normalized spacial score (nSPS) is 16.7. The third-order valence-electron chi connectivity index (χ3n) is 3.59. The molecule has 0 spiro atoms. The highest BCUT2D eigenvalue weighted by Crippen LogP contribution is 2.31. The third kappa shape index (κ3) is 2.77. The summed E-state index contributed by atoms with van der Waals surface area (Å²) in [6, 6.07) is 12.7. The first-order valence-corrected chi connectivity index (χ1v) is 7.81. The Morgan fingerprint density at radius 2 is 1.89 bits per heavy atom. The van der Waals surface area contributed by atoms with Crippen molar-refractivity contribution in [1.82, 2.24) is 0 Å². The summed E-state index contributed by atoms with van der Waals surface area (Å²) >= 11 is 3.59. The van der Waals surface area contributed by atoms with Crippen molar-refractivity contribution in [2.45, 2.75) is 24.3 Å². The van der Waals surface area contributed by atoms with Gasteiger partial charge in [0.05, 0.1) is 13.2 Å². The fraction of sp³-hybridized carbons (Fsp3) is 0.375. The molecule has 3 rings (SSSR count). The van der Waals surface area contributed by atoms with Crippen LogP contribution in [0.25, 0.3) is 10.8 Å². The minimum atomic E-state index is 0.285. The van der Waals surface area contributed by atoms with E-state index in [0.29, 0.717) is 0 Å². The second-order valence-electron chi connectivity index (χ2n) is 4.83. The van der Waals surface area contributed by atoms with E-state index < -0.39 is 0 Å². The van der Waals surface area contributed by atoms with Crippen molar-refractivity contribution in [3.05, 3.63) is 42.0 Å². The Balaban J connectivity index is 1.93. The number of halogens is 1. The molecular formula is C16H17BrO2. The van der Waals surface area contributed by atoms with Gasteiger partial charge in [-0.3, -0.25) is 0 Å². The van der Waals surface area contributed by atoms with Crippen LogP contribution in [0.2, 0.25) is 0 Å². The third-order valence-corrected chi connectivity index (χ3v) is 4.15. The van der Waals surface area contributed by atoms with Crippen LogP contribution in [0.4, 0.5) is 0 Å². The molecule has 0 aromatic heterocycles. The van der Waals surface area contributed by atoms with E-state index in [1.807, 2.05) is 0 Å². The van der Waals surface area contributed by atoms with Crippen molar-refractivity contribution in [3.63, 3.8) is 0 Å². The summed E-state index contributed by atoms with van der Waals surface area (Å²) in [6.07, 6.45) is 2.25. The van der Waals surface area contributed by atoms with Crippen molar-refractivity contribution in [3.8, 4) is 5.75 Å². The van der Waals surface area contributed by atoms with Gasteiger partial charge in [-0.05, 0) is 16.8 Å². The van der Waals surface area contributed by atoms with Crippen molar-refractivity contribution in [2.24, 2.45) is 0 Å². The zero-order chi connectivity index (χ0) is 13.1. The van der Waals surface area contributed by atoms with E-state index in [2.05, 4.69) is 52.3 Å². The quantitative estimate of drug-likeness (QED) is 0.785. The van der Waals surface area contributed by atoms with Gasteiger partial charge in [0.1, 0.15) is 11.9 Å². The number of fused-ring (bicyclic) bond motifs is 1. The second-order valence-corrected chi connectivity index (χ2v) is 5.39. The smallest absolute Gasteiger partial charge is 0.124 e. The van der Waals surface area contributed by atoms with E-state index in [1.165, 1.54) is 16.3 Å². The molecule has 1 heterocycles. The van der Waals surface area contributed by atoms with Crippen LogP contribution >= 0.6 is 15.9 Å². The van der Waals surface area contributed by atoms with Gasteiger partial charge >= 0.3 is 0 Å². The van der Waals surface area contributed by atoms with Crippen LogP contribution in [-0.4, -0.2) is 19.3 Å². The largest absolute Gasteiger partial charge is 0.490 e. The highest BCUT2D eigenvalue weighted by Gasteiger charge is 2.17. The average Bonchev–Trinajstić information content (AvgIpc) is 2.48. The molecule has 1 aliphatic heterocycles. The molecule has 2 nitrogen and oxygen atoms in total. The number of alkyl halides is 1. The summed E-state index contributed by atoms with van der Waals surface area (Å²) in [5.41, 5.74) is 1.24. The van der Waals surface area contributed by atoms with Crippen LogP contribution in [0.15, 0.2) is 36.4 Å². The first kappa shape index (κ1) is 12.9. The number of hydrogen-bond donors (Lipinski definition) is 0. The molecular weight excluding hydrogens is 304 g/mol. The molecule has 3 heteroatoms. The summed E-state index contributed by atoms with van der Waals surface area (Å²) < 4.78 is 11.6. The van der Waals surface area contributed by atoms with Gasteiger partial charge in [-0.2, -0.15) is 0 Å².